The number of methoxy groups -OCH3 is 1. The smallest absolute Gasteiger partial charge is 0.384 e. The summed E-state index contributed by atoms with van der Waals surface area (Å²) in [5, 5.41) is 0.304. The third-order valence-electron chi connectivity index (χ3n) is 4.58. The predicted molar refractivity (Wildman–Crippen MR) is 115 cm³/mol. The minimum Gasteiger partial charge on any atom is -0.384 e. The van der Waals surface area contributed by atoms with Crippen molar-refractivity contribution in [2.75, 3.05) is 13.7 Å². The summed E-state index contributed by atoms with van der Waals surface area (Å²) in [6.45, 7) is 1.29. The number of hydrogen-bond acceptors (Lipinski definition) is 4. The average molecular weight is 493 g/mol. The SMILES string of the molecule is CCC(COC)C(=O)N(Cc1ccc(SC(F)(F)F)cc1P)C(=O)c1c(F)cccc1F. The van der Waals surface area contributed by atoms with E-state index in [9.17, 15) is 31.5 Å². The zero-order chi connectivity index (χ0) is 24.1. The third-order valence-corrected chi connectivity index (χ3v) is 5.84. The van der Waals surface area contributed by atoms with Gasteiger partial charge in [0.1, 0.15) is 17.2 Å². The molecule has 2 unspecified atom stereocenters. The van der Waals surface area contributed by atoms with Gasteiger partial charge in [0.15, 0.2) is 0 Å². The molecule has 0 aliphatic rings. The maximum Gasteiger partial charge on any atom is 0.446 e. The largest absolute Gasteiger partial charge is 0.446 e. The summed E-state index contributed by atoms with van der Waals surface area (Å²) in [5.74, 6) is -4.91. The van der Waals surface area contributed by atoms with E-state index in [2.05, 4.69) is 9.24 Å². The molecule has 0 saturated carbocycles. The van der Waals surface area contributed by atoms with Crippen LogP contribution < -0.4 is 5.30 Å². The van der Waals surface area contributed by atoms with E-state index in [1.807, 2.05) is 0 Å². The van der Waals surface area contributed by atoms with Crippen LogP contribution in [0.25, 0.3) is 0 Å². The number of rotatable bonds is 8. The van der Waals surface area contributed by atoms with E-state index in [0.717, 1.165) is 18.2 Å². The molecule has 2 amide bonds. The Morgan fingerprint density at radius 1 is 1.16 bits per heavy atom. The van der Waals surface area contributed by atoms with Crippen LogP contribution >= 0.6 is 21.0 Å². The number of nitrogens with zero attached hydrogens (tertiary/aromatic N) is 1. The number of imide groups is 1. The standard InChI is InChI=1S/C21H21F5NO3PS/c1-3-12(11-30-2)19(28)27(20(29)18-15(22)5-4-6-16(18)23)10-13-7-8-14(9-17(13)31)32-21(24,25)26/h4-9,12H,3,10-11,31H2,1-2H3. The van der Waals surface area contributed by atoms with Crippen molar-refractivity contribution in [3.8, 4) is 0 Å². The van der Waals surface area contributed by atoms with Crippen LogP contribution in [0.4, 0.5) is 22.0 Å². The quantitative estimate of drug-likeness (QED) is 0.298. The average Bonchev–Trinajstić information content (AvgIpc) is 2.69. The third kappa shape index (κ3) is 6.73. The summed E-state index contributed by atoms with van der Waals surface area (Å²) in [4.78, 5) is 26.8. The van der Waals surface area contributed by atoms with E-state index in [0.29, 0.717) is 22.2 Å². The first-order valence-electron chi connectivity index (χ1n) is 9.41. The lowest BCUT2D eigenvalue weighted by atomic mass is 10.0. The molecule has 2 aromatic carbocycles. The Kier molecular flexibility index (Phi) is 9.18. The molecular weight excluding hydrogens is 472 g/mol. The van der Waals surface area contributed by atoms with Crippen molar-refractivity contribution >= 4 is 38.1 Å². The van der Waals surface area contributed by atoms with Gasteiger partial charge < -0.3 is 4.74 Å². The number of hydrogen-bond donors (Lipinski definition) is 0. The second kappa shape index (κ2) is 11.2. The van der Waals surface area contributed by atoms with Crippen molar-refractivity contribution in [3.05, 3.63) is 59.2 Å². The first-order valence-corrected chi connectivity index (χ1v) is 10.8. The molecule has 4 nitrogen and oxygen atoms in total. The van der Waals surface area contributed by atoms with Crippen molar-refractivity contribution in [1.82, 2.24) is 4.90 Å². The molecule has 2 atom stereocenters. The fraction of sp³-hybridized carbons (Fsp3) is 0.333. The normalized spacial score (nSPS) is 12.5. The van der Waals surface area contributed by atoms with E-state index in [4.69, 9.17) is 4.74 Å². The Bertz CT molecular complexity index is 966. The van der Waals surface area contributed by atoms with Gasteiger partial charge >= 0.3 is 5.51 Å². The maximum absolute atomic E-state index is 14.2. The predicted octanol–water partition coefficient (Wildman–Crippen LogP) is 4.92. The van der Waals surface area contributed by atoms with E-state index >= 15 is 0 Å². The molecule has 0 aliphatic carbocycles. The fourth-order valence-corrected chi connectivity index (χ4v) is 4.03. The van der Waals surface area contributed by atoms with E-state index < -0.39 is 40.4 Å². The summed E-state index contributed by atoms with van der Waals surface area (Å²) in [6, 6.07) is 6.65. The highest BCUT2D eigenvalue weighted by atomic mass is 32.2. The van der Waals surface area contributed by atoms with Gasteiger partial charge in [-0.15, -0.1) is 9.24 Å². The van der Waals surface area contributed by atoms with Gasteiger partial charge in [0.25, 0.3) is 5.91 Å². The lowest BCUT2D eigenvalue weighted by Gasteiger charge is -2.26. The van der Waals surface area contributed by atoms with Gasteiger partial charge in [-0.05, 0) is 53.3 Å². The summed E-state index contributed by atoms with van der Waals surface area (Å²) in [6.07, 6.45) is 0.297. The Morgan fingerprint density at radius 2 is 1.78 bits per heavy atom. The van der Waals surface area contributed by atoms with Crippen LogP contribution in [0.2, 0.25) is 0 Å². The molecule has 0 heterocycles. The van der Waals surface area contributed by atoms with Gasteiger partial charge in [0.05, 0.1) is 19.1 Å². The van der Waals surface area contributed by atoms with Crippen molar-refractivity contribution < 1.29 is 36.3 Å². The van der Waals surface area contributed by atoms with E-state index in [1.54, 1.807) is 6.92 Å². The van der Waals surface area contributed by atoms with Gasteiger partial charge in [-0.2, -0.15) is 13.2 Å². The number of thioether (sulfide) groups is 1. The Balaban J connectivity index is 2.45. The van der Waals surface area contributed by atoms with Crippen molar-refractivity contribution in [2.24, 2.45) is 5.92 Å². The second-order valence-electron chi connectivity index (χ2n) is 6.80. The zero-order valence-corrected chi connectivity index (χ0v) is 19.2. The summed E-state index contributed by atoms with van der Waals surface area (Å²) in [7, 11) is 3.62. The zero-order valence-electron chi connectivity index (χ0n) is 17.2. The Labute approximate surface area is 188 Å². The van der Waals surface area contributed by atoms with Crippen LogP contribution in [0, 0.1) is 17.6 Å². The first-order chi connectivity index (χ1) is 15.0. The fourth-order valence-electron chi connectivity index (χ4n) is 2.96. The van der Waals surface area contributed by atoms with E-state index in [1.165, 1.54) is 25.3 Å². The van der Waals surface area contributed by atoms with Crippen LogP contribution in [-0.2, 0) is 16.1 Å². The van der Waals surface area contributed by atoms with Crippen LogP contribution in [0.3, 0.4) is 0 Å². The molecule has 32 heavy (non-hydrogen) atoms. The van der Waals surface area contributed by atoms with Crippen LogP contribution in [-0.4, -0.2) is 35.9 Å². The van der Waals surface area contributed by atoms with Gasteiger partial charge in [-0.25, -0.2) is 8.78 Å². The molecule has 0 aliphatic heterocycles. The Morgan fingerprint density at radius 3 is 2.28 bits per heavy atom. The number of amides is 2. The summed E-state index contributed by atoms with van der Waals surface area (Å²) in [5.41, 5.74) is -5.04. The number of carbonyl (C=O) groups is 2. The van der Waals surface area contributed by atoms with Crippen molar-refractivity contribution in [2.45, 2.75) is 30.3 Å². The number of halogens is 5. The molecule has 2 aromatic rings. The van der Waals surface area contributed by atoms with Crippen LogP contribution in [0.1, 0.15) is 29.3 Å². The summed E-state index contributed by atoms with van der Waals surface area (Å²) >= 11 is -0.306. The monoisotopic (exact) mass is 493 g/mol. The van der Waals surface area contributed by atoms with Crippen molar-refractivity contribution in [3.63, 3.8) is 0 Å². The minimum atomic E-state index is -4.48. The number of alkyl halides is 3. The molecule has 0 fully saturated rings. The molecule has 0 N–H and O–H groups in total. The van der Waals surface area contributed by atoms with Gasteiger partial charge in [-0.3, -0.25) is 14.5 Å². The maximum atomic E-state index is 14.2. The molecule has 11 heteroatoms. The van der Waals surface area contributed by atoms with E-state index in [-0.39, 0.29) is 29.8 Å². The van der Waals surface area contributed by atoms with Gasteiger partial charge in [-0.1, -0.05) is 19.1 Å². The summed E-state index contributed by atoms with van der Waals surface area (Å²) < 4.78 is 71.4. The molecule has 2 rings (SSSR count). The van der Waals surface area contributed by atoms with Gasteiger partial charge in [0.2, 0.25) is 5.91 Å². The molecule has 0 bridgehead atoms. The lowest BCUT2D eigenvalue weighted by molar-refractivity contribution is -0.135. The Hall–Kier alpha value is -2.03. The molecule has 0 aromatic heterocycles. The van der Waals surface area contributed by atoms with Crippen molar-refractivity contribution in [1.29, 1.82) is 0 Å². The highest BCUT2D eigenvalue weighted by Gasteiger charge is 2.33. The highest BCUT2D eigenvalue weighted by molar-refractivity contribution is 8.00. The van der Waals surface area contributed by atoms with Crippen LogP contribution in [0.5, 0.6) is 0 Å². The molecule has 0 spiro atoms. The molecule has 0 radical (unpaired) electrons. The lowest BCUT2D eigenvalue weighted by Crippen LogP contribution is -2.42. The van der Waals surface area contributed by atoms with Gasteiger partial charge in [0, 0.05) is 12.0 Å². The number of carbonyl (C=O) groups excluding carboxylic acids is 2. The number of ether oxygens (including phenoxy) is 1. The number of benzene rings is 2. The molecular formula is C21H21F5NO3PS. The molecule has 0 saturated heterocycles. The molecule has 174 valence electrons. The first kappa shape index (κ1) is 26.2. The minimum absolute atomic E-state index is 0.0201. The second-order valence-corrected chi connectivity index (χ2v) is 8.56. The topological polar surface area (TPSA) is 46.6 Å². The highest BCUT2D eigenvalue weighted by Crippen LogP contribution is 2.36. The van der Waals surface area contributed by atoms with Crippen LogP contribution in [0.15, 0.2) is 41.3 Å².